The van der Waals surface area contributed by atoms with Crippen LogP contribution < -0.4 is 4.74 Å². The van der Waals surface area contributed by atoms with Crippen LogP contribution >= 0.6 is 0 Å². The largest absolute Gasteiger partial charge is 0.497 e. The van der Waals surface area contributed by atoms with Crippen LogP contribution in [0.25, 0.3) is 11.8 Å². The molecular formula is C17H21N5O2. The zero-order chi connectivity index (χ0) is 17.1. The number of hydrogen-bond donors (Lipinski definition) is 0. The number of benzene rings is 1. The first-order valence-electron chi connectivity index (χ1n) is 8.02. The van der Waals surface area contributed by atoms with Gasteiger partial charge in [0.05, 0.1) is 7.11 Å². The highest BCUT2D eigenvalue weighted by molar-refractivity contribution is 6.18. The van der Waals surface area contributed by atoms with Gasteiger partial charge in [0.1, 0.15) is 11.4 Å². The summed E-state index contributed by atoms with van der Waals surface area (Å²) >= 11 is 0. The minimum Gasteiger partial charge on any atom is -0.497 e. The van der Waals surface area contributed by atoms with Crippen LogP contribution in [0.3, 0.4) is 0 Å². The molecule has 126 valence electrons. The Hall–Kier alpha value is -2.70. The van der Waals surface area contributed by atoms with Gasteiger partial charge in [-0.05, 0) is 60.9 Å². The topological polar surface area (TPSA) is 73.1 Å². The Kier molecular flexibility index (Phi) is 4.59. The van der Waals surface area contributed by atoms with Gasteiger partial charge in [0, 0.05) is 12.6 Å². The highest BCUT2D eigenvalue weighted by Crippen LogP contribution is 2.23. The zero-order valence-electron chi connectivity index (χ0n) is 14.1. The molecule has 2 aromatic rings. The summed E-state index contributed by atoms with van der Waals surface area (Å²) in [4.78, 5) is 15.0. The van der Waals surface area contributed by atoms with Crippen LogP contribution in [0.1, 0.15) is 31.2 Å². The molecule has 1 atom stereocenters. The minimum atomic E-state index is -0.0572. The normalized spacial score (nSPS) is 18.0. The van der Waals surface area contributed by atoms with E-state index in [0.717, 1.165) is 30.7 Å². The summed E-state index contributed by atoms with van der Waals surface area (Å²) < 4.78 is 6.75. The van der Waals surface area contributed by atoms with Crippen molar-refractivity contribution >= 4 is 17.7 Å². The van der Waals surface area contributed by atoms with Crippen LogP contribution in [0, 0.1) is 6.92 Å². The fourth-order valence-electron chi connectivity index (χ4n) is 2.94. The van der Waals surface area contributed by atoms with Gasteiger partial charge in [-0.1, -0.05) is 12.1 Å². The first-order valence-corrected chi connectivity index (χ1v) is 8.02. The van der Waals surface area contributed by atoms with E-state index in [1.807, 2.05) is 29.2 Å². The number of ether oxygens (including phenoxy) is 1. The van der Waals surface area contributed by atoms with Gasteiger partial charge in [-0.25, -0.2) is 0 Å². The van der Waals surface area contributed by atoms with E-state index in [0.29, 0.717) is 11.5 Å². The molecule has 1 aliphatic rings. The highest BCUT2D eigenvalue weighted by Gasteiger charge is 2.29. The Morgan fingerprint density at radius 3 is 2.88 bits per heavy atom. The second kappa shape index (κ2) is 6.82. The summed E-state index contributed by atoms with van der Waals surface area (Å²) in [6.45, 7) is 4.61. The molecular weight excluding hydrogens is 306 g/mol. The Bertz CT molecular complexity index is 768. The lowest BCUT2D eigenvalue weighted by Gasteiger charge is -2.22. The molecule has 7 heteroatoms. The predicted octanol–water partition coefficient (Wildman–Crippen LogP) is 2.00. The Morgan fingerprint density at radius 1 is 1.42 bits per heavy atom. The SMILES string of the molecule is COc1cccc(/C=C(/C(=O)N2CCCC2C)n2nnnc2C)c1. The van der Waals surface area contributed by atoms with Crippen molar-refractivity contribution in [3.05, 3.63) is 35.7 Å². The molecule has 0 N–H and O–H groups in total. The number of carbonyl (C=O) groups is 1. The van der Waals surface area contributed by atoms with Gasteiger partial charge >= 0.3 is 0 Å². The average Bonchev–Trinajstić information content (AvgIpc) is 3.20. The van der Waals surface area contributed by atoms with Crippen molar-refractivity contribution in [1.82, 2.24) is 25.1 Å². The first kappa shape index (κ1) is 16.2. The molecule has 7 nitrogen and oxygen atoms in total. The van der Waals surface area contributed by atoms with Gasteiger partial charge in [-0.3, -0.25) is 4.79 Å². The van der Waals surface area contributed by atoms with Crippen LogP contribution in [0.5, 0.6) is 5.75 Å². The Balaban J connectivity index is 2.03. The summed E-state index contributed by atoms with van der Waals surface area (Å²) in [6, 6.07) is 7.77. The maximum absolute atomic E-state index is 13.1. The Morgan fingerprint density at radius 2 is 2.25 bits per heavy atom. The second-order valence-corrected chi connectivity index (χ2v) is 5.93. The number of nitrogens with zero attached hydrogens (tertiary/aromatic N) is 5. The van der Waals surface area contributed by atoms with E-state index in [4.69, 9.17) is 4.74 Å². The average molecular weight is 327 g/mol. The molecule has 0 bridgehead atoms. The number of hydrogen-bond acceptors (Lipinski definition) is 5. The third-order valence-corrected chi connectivity index (χ3v) is 4.28. The molecule has 0 aliphatic carbocycles. The molecule has 1 fully saturated rings. The van der Waals surface area contributed by atoms with Crippen molar-refractivity contribution < 1.29 is 9.53 Å². The smallest absolute Gasteiger partial charge is 0.272 e. The van der Waals surface area contributed by atoms with Gasteiger partial charge in [-0.2, -0.15) is 4.68 Å². The number of amides is 1. The summed E-state index contributed by atoms with van der Waals surface area (Å²) in [5.41, 5.74) is 1.30. The third-order valence-electron chi connectivity index (χ3n) is 4.28. The summed E-state index contributed by atoms with van der Waals surface area (Å²) in [5.74, 6) is 1.25. The lowest BCUT2D eigenvalue weighted by atomic mass is 10.1. The summed E-state index contributed by atoms with van der Waals surface area (Å²) in [6.07, 6.45) is 3.85. The van der Waals surface area contributed by atoms with Crippen LogP contribution in [0.15, 0.2) is 24.3 Å². The van der Waals surface area contributed by atoms with Crippen LogP contribution in [0.4, 0.5) is 0 Å². The van der Waals surface area contributed by atoms with Gasteiger partial charge < -0.3 is 9.64 Å². The van der Waals surface area contributed by atoms with Gasteiger partial charge in [0.15, 0.2) is 5.82 Å². The van der Waals surface area contributed by atoms with E-state index in [-0.39, 0.29) is 11.9 Å². The van der Waals surface area contributed by atoms with Crippen molar-refractivity contribution in [1.29, 1.82) is 0 Å². The highest BCUT2D eigenvalue weighted by atomic mass is 16.5. The Labute approximate surface area is 140 Å². The number of rotatable bonds is 4. The quantitative estimate of drug-likeness (QED) is 0.803. The molecule has 1 aromatic heterocycles. The number of carbonyl (C=O) groups excluding carboxylic acids is 1. The molecule has 1 unspecified atom stereocenters. The predicted molar refractivity (Wildman–Crippen MR) is 90.1 cm³/mol. The molecule has 24 heavy (non-hydrogen) atoms. The molecule has 1 saturated heterocycles. The molecule has 1 aromatic carbocycles. The van der Waals surface area contributed by atoms with Crippen molar-refractivity contribution in [2.24, 2.45) is 0 Å². The zero-order valence-corrected chi connectivity index (χ0v) is 14.1. The maximum atomic E-state index is 13.1. The lowest BCUT2D eigenvalue weighted by Crippen LogP contribution is -2.35. The van der Waals surface area contributed by atoms with Gasteiger partial charge in [-0.15, -0.1) is 5.10 Å². The van der Waals surface area contributed by atoms with E-state index in [9.17, 15) is 4.79 Å². The van der Waals surface area contributed by atoms with Crippen LogP contribution in [-0.2, 0) is 4.79 Å². The lowest BCUT2D eigenvalue weighted by molar-refractivity contribution is -0.125. The van der Waals surface area contributed by atoms with E-state index < -0.39 is 0 Å². The minimum absolute atomic E-state index is 0.0572. The van der Waals surface area contributed by atoms with Crippen LogP contribution in [0.2, 0.25) is 0 Å². The first-order chi connectivity index (χ1) is 11.6. The molecule has 0 spiro atoms. The van der Waals surface area contributed by atoms with E-state index in [2.05, 4.69) is 22.4 Å². The van der Waals surface area contributed by atoms with E-state index >= 15 is 0 Å². The van der Waals surface area contributed by atoms with Crippen molar-refractivity contribution in [2.75, 3.05) is 13.7 Å². The molecule has 2 heterocycles. The van der Waals surface area contributed by atoms with Gasteiger partial charge in [0.25, 0.3) is 5.91 Å². The number of likely N-dealkylation sites (tertiary alicyclic amines) is 1. The van der Waals surface area contributed by atoms with Crippen molar-refractivity contribution in [3.8, 4) is 5.75 Å². The fraction of sp³-hybridized carbons (Fsp3) is 0.412. The molecule has 1 amide bonds. The number of methoxy groups -OCH3 is 1. The molecule has 3 rings (SSSR count). The monoisotopic (exact) mass is 327 g/mol. The maximum Gasteiger partial charge on any atom is 0.272 e. The number of aromatic nitrogens is 4. The second-order valence-electron chi connectivity index (χ2n) is 5.93. The standard InChI is InChI=1S/C17H21N5O2/c1-12-6-5-9-21(12)17(23)16(22-13(2)18-19-20-22)11-14-7-4-8-15(10-14)24-3/h4,7-8,10-12H,5-6,9H2,1-3H3/b16-11-. The molecule has 1 aliphatic heterocycles. The van der Waals surface area contributed by atoms with Crippen molar-refractivity contribution in [2.45, 2.75) is 32.7 Å². The van der Waals surface area contributed by atoms with Crippen LogP contribution in [-0.4, -0.2) is 50.7 Å². The summed E-state index contributed by atoms with van der Waals surface area (Å²) in [5, 5.41) is 11.6. The molecule has 0 saturated carbocycles. The number of aryl methyl sites for hydroxylation is 1. The van der Waals surface area contributed by atoms with E-state index in [1.165, 1.54) is 4.68 Å². The molecule has 0 radical (unpaired) electrons. The third kappa shape index (κ3) is 3.15. The summed E-state index contributed by atoms with van der Waals surface area (Å²) in [7, 11) is 1.62. The number of tetrazole rings is 1. The van der Waals surface area contributed by atoms with Gasteiger partial charge in [0.2, 0.25) is 0 Å². The fourth-order valence-corrected chi connectivity index (χ4v) is 2.94. The van der Waals surface area contributed by atoms with Crippen molar-refractivity contribution in [3.63, 3.8) is 0 Å². The van der Waals surface area contributed by atoms with E-state index in [1.54, 1.807) is 20.1 Å².